The zero-order valence-corrected chi connectivity index (χ0v) is 8.78. The van der Waals surface area contributed by atoms with E-state index in [0.29, 0.717) is 16.5 Å². The van der Waals surface area contributed by atoms with Gasteiger partial charge in [0.05, 0.1) is 4.92 Å². The zero-order chi connectivity index (χ0) is 11.0. The van der Waals surface area contributed by atoms with Gasteiger partial charge in [-0.15, -0.1) is 0 Å². The molecule has 0 aromatic heterocycles. The third-order valence-electron chi connectivity index (χ3n) is 2.68. The molecular formula is C10H11ClN2O2. The van der Waals surface area contributed by atoms with E-state index in [1.165, 1.54) is 18.2 Å². The van der Waals surface area contributed by atoms with Gasteiger partial charge in [-0.3, -0.25) is 10.1 Å². The van der Waals surface area contributed by atoms with E-state index in [4.69, 9.17) is 17.3 Å². The molecule has 0 saturated heterocycles. The maximum Gasteiger partial charge on any atom is 0.269 e. The van der Waals surface area contributed by atoms with Crippen molar-refractivity contribution in [3.63, 3.8) is 0 Å². The Balaban J connectivity index is 2.35. The number of hydrogen-bond acceptors (Lipinski definition) is 3. The molecule has 4 nitrogen and oxygen atoms in total. The molecule has 0 bridgehead atoms. The van der Waals surface area contributed by atoms with Gasteiger partial charge in [-0.1, -0.05) is 11.6 Å². The Bertz CT molecular complexity index is 404. The van der Waals surface area contributed by atoms with E-state index in [2.05, 4.69) is 0 Å². The number of nitrogens with zero attached hydrogens (tertiary/aromatic N) is 1. The summed E-state index contributed by atoms with van der Waals surface area (Å²) < 4.78 is 0. The molecule has 0 aliphatic heterocycles. The molecule has 0 heterocycles. The highest BCUT2D eigenvalue weighted by Crippen LogP contribution is 2.42. The van der Waals surface area contributed by atoms with Crippen molar-refractivity contribution in [3.05, 3.63) is 38.9 Å². The Kier molecular flexibility index (Phi) is 2.63. The Morgan fingerprint density at radius 2 is 2.20 bits per heavy atom. The van der Waals surface area contributed by atoms with Gasteiger partial charge in [0.2, 0.25) is 0 Å². The van der Waals surface area contributed by atoms with Crippen molar-refractivity contribution in [2.24, 2.45) is 11.7 Å². The van der Waals surface area contributed by atoms with Crippen LogP contribution in [0.4, 0.5) is 5.69 Å². The maximum atomic E-state index is 10.6. The minimum absolute atomic E-state index is 0.0468. The fourth-order valence-electron chi connectivity index (χ4n) is 1.61. The lowest BCUT2D eigenvalue weighted by atomic mass is 10.0. The van der Waals surface area contributed by atoms with Crippen LogP contribution < -0.4 is 5.73 Å². The van der Waals surface area contributed by atoms with E-state index < -0.39 is 4.92 Å². The molecule has 0 amide bonds. The Hall–Kier alpha value is -1.13. The van der Waals surface area contributed by atoms with Gasteiger partial charge >= 0.3 is 0 Å². The monoisotopic (exact) mass is 226 g/mol. The predicted octanol–water partition coefficient (Wildman–Crippen LogP) is 2.66. The average molecular weight is 227 g/mol. The van der Waals surface area contributed by atoms with Gasteiger partial charge in [0.15, 0.2) is 0 Å². The van der Waals surface area contributed by atoms with Crippen LogP contribution in [0.25, 0.3) is 0 Å². The molecule has 5 heteroatoms. The first-order valence-corrected chi connectivity index (χ1v) is 5.17. The highest BCUT2D eigenvalue weighted by Gasteiger charge is 2.31. The summed E-state index contributed by atoms with van der Waals surface area (Å²) in [7, 11) is 0. The second kappa shape index (κ2) is 3.79. The van der Waals surface area contributed by atoms with Crippen LogP contribution in [0.15, 0.2) is 18.2 Å². The normalized spacial score (nSPS) is 17.5. The Morgan fingerprint density at radius 1 is 1.53 bits per heavy atom. The first-order chi connectivity index (χ1) is 7.09. The molecule has 1 saturated carbocycles. The van der Waals surface area contributed by atoms with Crippen LogP contribution in [0.3, 0.4) is 0 Å². The van der Waals surface area contributed by atoms with Gasteiger partial charge in [-0.25, -0.2) is 0 Å². The van der Waals surface area contributed by atoms with Crippen LogP contribution >= 0.6 is 11.6 Å². The summed E-state index contributed by atoms with van der Waals surface area (Å²) in [4.78, 5) is 10.2. The van der Waals surface area contributed by atoms with Gasteiger partial charge in [0, 0.05) is 23.2 Å². The van der Waals surface area contributed by atoms with E-state index in [9.17, 15) is 10.1 Å². The number of benzene rings is 1. The largest absolute Gasteiger partial charge is 0.324 e. The molecule has 0 spiro atoms. The first-order valence-electron chi connectivity index (χ1n) is 4.79. The van der Waals surface area contributed by atoms with Crippen molar-refractivity contribution in [2.45, 2.75) is 18.9 Å². The van der Waals surface area contributed by atoms with E-state index in [0.717, 1.165) is 12.8 Å². The summed E-state index contributed by atoms with van der Waals surface area (Å²) in [6, 6.07) is 4.24. The average Bonchev–Trinajstić information content (AvgIpc) is 3.00. The fourth-order valence-corrected chi connectivity index (χ4v) is 1.85. The third kappa shape index (κ3) is 2.11. The number of nitro benzene ring substituents is 1. The van der Waals surface area contributed by atoms with Gasteiger partial charge in [-0.2, -0.15) is 0 Å². The maximum absolute atomic E-state index is 10.6. The topological polar surface area (TPSA) is 69.2 Å². The van der Waals surface area contributed by atoms with Crippen LogP contribution in [0.1, 0.15) is 24.4 Å². The highest BCUT2D eigenvalue weighted by molar-refractivity contribution is 6.31. The van der Waals surface area contributed by atoms with E-state index in [1.54, 1.807) is 0 Å². The van der Waals surface area contributed by atoms with Crippen LogP contribution in [0.5, 0.6) is 0 Å². The summed E-state index contributed by atoms with van der Waals surface area (Å²) >= 11 is 5.97. The van der Waals surface area contributed by atoms with E-state index in [-0.39, 0.29) is 11.7 Å². The molecule has 2 rings (SSSR count). The fraction of sp³-hybridized carbons (Fsp3) is 0.400. The van der Waals surface area contributed by atoms with E-state index in [1.807, 2.05) is 0 Å². The van der Waals surface area contributed by atoms with Crippen molar-refractivity contribution in [1.29, 1.82) is 0 Å². The number of nitrogens with two attached hydrogens (primary N) is 1. The molecule has 15 heavy (non-hydrogen) atoms. The van der Waals surface area contributed by atoms with Crippen molar-refractivity contribution >= 4 is 17.3 Å². The SMILES string of the molecule is N[C@@H](c1cc([N+](=O)[O-])ccc1Cl)C1CC1. The summed E-state index contributed by atoms with van der Waals surface area (Å²) in [6.07, 6.45) is 2.17. The molecule has 2 N–H and O–H groups in total. The molecule has 0 unspecified atom stereocenters. The van der Waals surface area contributed by atoms with Crippen molar-refractivity contribution in [3.8, 4) is 0 Å². The number of non-ortho nitro benzene ring substituents is 1. The van der Waals surface area contributed by atoms with Crippen LogP contribution in [0.2, 0.25) is 5.02 Å². The molecule has 1 aliphatic rings. The molecule has 1 fully saturated rings. The van der Waals surface area contributed by atoms with Crippen LogP contribution in [-0.2, 0) is 0 Å². The molecule has 1 aromatic carbocycles. The summed E-state index contributed by atoms with van der Waals surface area (Å²) in [5, 5.41) is 11.1. The quantitative estimate of drug-likeness (QED) is 0.636. The smallest absolute Gasteiger partial charge is 0.269 e. The molecule has 1 aromatic rings. The standard InChI is InChI=1S/C10H11ClN2O2/c11-9-4-3-7(13(14)15)5-8(9)10(12)6-1-2-6/h3-6,10H,1-2,12H2/t10-/m1/s1. The lowest BCUT2D eigenvalue weighted by Crippen LogP contribution is -2.13. The van der Waals surface area contributed by atoms with Crippen LogP contribution in [0, 0.1) is 16.0 Å². The lowest BCUT2D eigenvalue weighted by molar-refractivity contribution is -0.384. The minimum Gasteiger partial charge on any atom is -0.324 e. The summed E-state index contributed by atoms with van der Waals surface area (Å²) in [5.74, 6) is 0.435. The Labute approximate surface area is 92.2 Å². The molecule has 80 valence electrons. The van der Waals surface area contributed by atoms with Gasteiger partial charge in [0.25, 0.3) is 5.69 Å². The van der Waals surface area contributed by atoms with Crippen molar-refractivity contribution in [2.75, 3.05) is 0 Å². The van der Waals surface area contributed by atoms with Gasteiger partial charge in [0.1, 0.15) is 0 Å². The Morgan fingerprint density at radius 3 is 2.73 bits per heavy atom. The van der Waals surface area contributed by atoms with Gasteiger partial charge in [-0.05, 0) is 30.4 Å². The van der Waals surface area contributed by atoms with E-state index >= 15 is 0 Å². The zero-order valence-electron chi connectivity index (χ0n) is 8.02. The number of halogens is 1. The lowest BCUT2D eigenvalue weighted by Gasteiger charge is -2.11. The molecular weight excluding hydrogens is 216 g/mol. The second-order valence-electron chi connectivity index (χ2n) is 3.83. The summed E-state index contributed by atoms with van der Waals surface area (Å²) in [6.45, 7) is 0. The summed E-state index contributed by atoms with van der Waals surface area (Å²) in [5.41, 5.74) is 6.70. The van der Waals surface area contributed by atoms with Crippen molar-refractivity contribution < 1.29 is 4.92 Å². The van der Waals surface area contributed by atoms with Gasteiger partial charge < -0.3 is 5.73 Å². The van der Waals surface area contributed by atoms with Crippen LogP contribution in [-0.4, -0.2) is 4.92 Å². The minimum atomic E-state index is -0.431. The molecule has 1 aliphatic carbocycles. The molecule has 1 atom stereocenters. The molecule has 0 radical (unpaired) electrons. The number of hydrogen-bond donors (Lipinski definition) is 1. The number of nitro groups is 1. The van der Waals surface area contributed by atoms with Crippen molar-refractivity contribution in [1.82, 2.24) is 0 Å². The predicted molar refractivity (Wildman–Crippen MR) is 57.8 cm³/mol. The first kappa shape index (κ1) is 10.4. The second-order valence-corrected chi connectivity index (χ2v) is 4.23. The number of rotatable bonds is 3. The highest BCUT2D eigenvalue weighted by atomic mass is 35.5. The third-order valence-corrected chi connectivity index (χ3v) is 3.02.